The van der Waals surface area contributed by atoms with Crippen LogP contribution in [0.5, 0.6) is 0 Å². The zero-order valence-electron chi connectivity index (χ0n) is 13.2. The van der Waals surface area contributed by atoms with Gasteiger partial charge in [-0.2, -0.15) is 4.98 Å². The number of anilines is 2. The summed E-state index contributed by atoms with van der Waals surface area (Å²) < 4.78 is 19.0. The van der Waals surface area contributed by atoms with Crippen LogP contribution in [0, 0.1) is 5.82 Å². The van der Waals surface area contributed by atoms with E-state index in [0.29, 0.717) is 5.69 Å². The Balaban J connectivity index is 2.29. The predicted molar refractivity (Wildman–Crippen MR) is 94.2 cm³/mol. The van der Waals surface area contributed by atoms with Crippen molar-refractivity contribution in [1.29, 1.82) is 0 Å². The minimum absolute atomic E-state index is 0.0641. The van der Waals surface area contributed by atoms with E-state index in [1.165, 1.54) is 36.8 Å². The summed E-state index contributed by atoms with van der Waals surface area (Å²) in [7, 11) is 0. The molecule has 2 aromatic rings. The van der Waals surface area contributed by atoms with E-state index in [9.17, 15) is 9.18 Å². The second kappa shape index (κ2) is 8.74. The first-order valence-electron chi connectivity index (χ1n) is 7.22. The van der Waals surface area contributed by atoms with E-state index in [0.717, 1.165) is 0 Å². The summed E-state index contributed by atoms with van der Waals surface area (Å²) in [6.45, 7) is 1.87. The van der Waals surface area contributed by atoms with Gasteiger partial charge in [-0.3, -0.25) is 4.99 Å². The van der Waals surface area contributed by atoms with Gasteiger partial charge in [0.15, 0.2) is 5.82 Å². The lowest BCUT2D eigenvalue weighted by Gasteiger charge is -2.10. The number of nitrogens with one attached hydrogen (secondary N) is 1. The van der Waals surface area contributed by atoms with Crippen molar-refractivity contribution in [3.05, 3.63) is 53.3 Å². The number of nitrogens with zero attached hydrogens (tertiary/aromatic N) is 3. The van der Waals surface area contributed by atoms with Crippen molar-refractivity contribution in [3.63, 3.8) is 0 Å². The van der Waals surface area contributed by atoms with Crippen molar-refractivity contribution in [2.75, 3.05) is 11.9 Å². The van der Waals surface area contributed by atoms with Gasteiger partial charge < -0.3 is 15.8 Å². The number of esters is 1. The highest BCUT2D eigenvalue weighted by molar-refractivity contribution is 6.28. The van der Waals surface area contributed by atoms with E-state index in [4.69, 9.17) is 22.1 Å². The van der Waals surface area contributed by atoms with E-state index >= 15 is 0 Å². The van der Waals surface area contributed by atoms with Crippen LogP contribution in [0.15, 0.2) is 41.7 Å². The average molecular weight is 364 g/mol. The number of carbonyl (C=O) groups excluding carboxylic acids is 1. The van der Waals surface area contributed by atoms with Gasteiger partial charge >= 0.3 is 5.97 Å². The minimum atomic E-state index is -0.614. The highest BCUT2D eigenvalue weighted by Gasteiger charge is 2.16. The molecule has 0 aliphatic heterocycles. The van der Waals surface area contributed by atoms with E-state index in [2.05, 4.69) is 20.3 Å². The topological polar surface area (TPSA) is 102 Å². The molecule has 1 aromatic carbocycles. The van der Waals surface area contributed by atoms with Crippen LogP contribution in [0.2, 0.25) is 5.28 Å². The van der Waals surface area contributed by atoms with Gasteiger partial charge in [0.05, 0.1) is 12.3 Å². The van der Waals surface area contributed by atoms with Gasteiger partial charge in [-0.15, -0.1) is 0 Å². The maximum absolute atomic E-state index is 14.1. The molecule has 0 spiro atoms. The van der Waals surface area contributed by atoms with Crippen molar-refractivity contribution in [2.24, 2.45) is 10.7 Å². The molecule has 0 aliphatic rings. The second-order valence-electron chi connectivity index (χ2n) is 4.58. The molecule has 0 saturated carbocycles. The standard InChI is InChI=1S/C16H15ClFN5O2/c1-2-25-15(24)11-9-21-16(17)23-14(11)22-10-4-5-13(12(18)8-10)20-7-3-6-19/h3-9H,2,19H2,1H3,(H,21,22,23). The number of nitrogens with two attached hydrogens (primary N) is 1. The lowest BCUT2D eigenvalue weighted by Crippen LogP contribution is -2.10. The molecule has 130 valence electrons. The van der Waals surface area contributed by atoms with E-state index in [1.54, 1.807) is 13.0 Å². The number of ether oxygens (including phenoxy) is 1. The van der Waals surface area contributed by atoms with Crippen LogP contribution in [0.1, 0.15) is 17.3 Å². The van der Waals surface area contributed by atoms with Crippen LogP contribution in [-0.4, -0.2) is 28.8 Å². The smallest absolute Gasteiger partial charge is 0.343 e. The molecule has 3 N–H and O–H groups in total. The lowest BCUT2D eigenvalue weighted by atomic mass is 10.2. The lowest BCUT2D eigenvalue weighted by molar-refractivity contribution is 0.0526. The average Bonchev–Trinajstić information content (AvgIpc) is 2.57. The summed E-state index contributed by atoms with van der Waals surface area (Å²) in [5, 5.41) is 2.76. The zero-order valence-corrected chi connectivity index (χ0v) is 14.0. The first-order chi connectivity index (χ1) is 12.0. The third kappa shape index (κ3) is 4.98. The molecule has 0 unspecified atom stereocenters. The van der Waals surface area contributed by atoms with Crippen LogP contribution >= 0.6 is 11.6 Å². The number of aliphatic imine (C=N–C) groups is 1. The molecule has 9 heteroatoms. The van der Waals surface area contributed by atoms with Crippen molar-refractivity contribution in [3.8, 4) is 0 Å². The molecule has 2 rings (SSSR count). The van der Waals surface area contributed by atoms with Crippen LogP contribution in [0.25, 0.3) is 0 Å². The maximum atomic E-state index is 14.1. The molecule has 0 atom stereocenters. The third-order valence-corrected chi connectivity index (χ3v) is 3.06. The number of rotatable bonds is 6. The number of benzene rings is 1. The fraction of sp³-hybridized carbons (Fsp3) is 0.125. The molecular formula is C16H15ClFN5O2. The van der Waals surface area contributed by atoms with Crippen LogP contribution in [0.3, 0.4) is 0 Å². The Labute approximate surface area is 148 Å². The first kappa shape index (κ1) is 18.3. The number of allylic oxidation sites excluding steroid dienone is 1. The molecule has 0 bridgehead atoms. The zero-order chi connectivity index (χ0) is 18.2. The summed E-state index contributed by atoms with van der Waals surface area (Å²) in [5.74, 6) is -1.07. The van der Waals surface area contributed by atoms with Gasteiger partial charge in [-0.1, -0.05) is 0 Å². The molecule has 7 nitrogen and oxygen atoms in total. The highest BCUT2D eigenvalue weighted by Crippen LogP contribution is 2.25. The van der Waals surface area contributed by atoms with Crippen molar-refractivity contribution in [2.45, 2.75) is 6.92 Å². The summed E-state index contributed by atoms with van der Waals surface area (Å²) in [4.78, 5) is 23.6. The minimum Gasteiger partial charge on any atom is -0.462 e. The molecule has 25 heavy (non-hydrogen) atoms. The number of hydrogen-bond acceptors (Lipinski definition) is 7. The Hall–Kier alpha value is -3.00. The van der Waals surface area contributed by atoms with E-state index < -0.39 is 11.8 Å². The highest BCUT2D eigenvalue weighted by atomic mass is 35.5. The molecule has 0 amide bonds. The Bertz CT molecular complexity index is 826. The number of aromatic nitrogens is 2. The Kier molecular flexibility index (Phi) is 6.41. The van der Waals surface area contributed by atoms with Crippen molar-refractivity contribution >= 4 is 41.0 Å². The fourth-order valence-electron chi connectivity index (χ4n) is 1.81. The van der Waals surface area contributed by atoms with Crippen LogP contribution < -0.4 is 11.1 Å². The summed E-state index contributed by atoms with van der Waals surface area (Å²) in [6, 6.07) is 4.25. The largest absolute Gasteiger partial charge is 0.462 e. The first-order valence-corrected chi connectivity index (χ1v) is 7.60. The fourth-order valence-corrected chi connectivity index (χ4v) is 1.95. The molecule has 0 fully saturated rings. The predicted octanol–water partition coefficient (Wildman–Crippen LogP) is 3.36. The van der Waals surface area contributed by atoms with Crippen LogP contribution in [-0.2, 0) is 4.74 Å². The quantitative estimate of drug-likeness (QED) is 0.463. The summed E-state index contributed by atoms with van der Waals surface area (Å²) >= 11 is 5.77. The van der Waals surface area contributed by atoms with Gasteiger partial charge in [-0.25, -0.2) is 14.2 Å². The molecule has 0 radical (unpaired) electrons. The Morgan fingerprint density at radius 1 is 1.52 bits per heavy atom. The maximum Gasteiger partial charge on any atom is 0.343 e. The number of halogens is 2. The Morgan fingerprint density at radius 2 is 2.32 bits per heavy atom. The Morgan fingerprint density at radius 3 is 3.00 bits per heavy atom. The van der Waals surface area contributed by atoms with Gasteiger partial charge in [0.2, 0.25) is 5.28 Å². The molecule has 1 aromatic heterocycles. The van der Waals surface area contributed by atoms with Gasteiger partial charge in [-0.05, 0) is 49.0 Å². The molecule has 0 aliphatic carbocycles. The van der Waals surface area contributed by atoms with Crippen molar-refractivity contribution < 1.29 is 13.9 Å². The number of carbonyl (C=O) groups is 1. The van der Waals surface area contributed by atoms with Gasteiger partial charge in [0, 0.05) is 18.1 Å². The summed E-state index contributed by atoms with van der Waals surface area (Å²) in [5.41, 5.74) is 5.75. The van der Waals surface area contributed by atoms with Gasteiger partial charge in [0.1, 0.15) is 11.4 Å². The second-order valence-corrected chi connectivity index (χ2v) is 4.91. The summed E-state index contributed by atoms with van der Waals surface area (Å²) in [6.07, 6.45) is 5.37. The van der Waals surface area contributed by atoms with E-state index in [1.807, 2.05) is 0 Å². The van der Waals surface area contributed by atoms with Crippen LogP contribution in [0.4, 0.5) is 21.6 Å². The molecular weight excluding hydrogens is 349 g/mol. The van der Waals surface area contributed by atoms with Crippen molar-refractivity contribution in [1.82, 2.24) is 9.97 Å². The molecule has 1 heterocycles. The SMILES string of the molecule is CCOC(=O)c1cnc(Cl)nc1Nc1ccc(N=CC=CN)c(F)c1. The normalized spacial score (nSPS) is 11.2. The monoisotopic (exact) mass is 363 g/mol. The third-order valence-electron chi connectivity index (χ3n) is 2.88. The van der Waals surface area contributed by atoms with Gasteiger partial charge in [0.25, 0.3) is 0 Å². The van der Waals surface area contributed by atoms with E-state index in [-0.39, 0.29) is 29.0 Å². The number of hydrogen-bond donors (Lipinski definition) is 2. The molecule has 0 saturated heterocycles.